The van der Waals surface area contributed by atoms with E-state index in [1.54, 1.807) is 24.4 Å². The van der Waals surface area contributed by atoms with Crippen LogP contribution in [0.5, 0.6) is 0 Å². The van der Waals surface area contributed by atoms with Gasteiger partial charge in [-0.15, -0.1) is 0 Å². The Balaban J connectivity index is 1.84. The third-order valence-electron chi connectivity index (χ3n) is 3.21. The van der Waals surface area contributed by atoms with E-state index in [0.717, 1.165) is 5.56 Å². The van der Waals surface area contributed by atoms with Gasteiger partial charge in [0.15, 0.2) is 5.82 Å². The van der Waals surface area contributed by atoms with E-state index in [-0.39, 0.29) is 23.7 Å². The van der Waals surface area contributed by atoms with Crippen molar-refractivity contribution in [2.45, 2.75) is 6.54 Å². The van der Waals surface area contributed by atoms with Gasteiger partial charge in [0.1, 0.15) is 17.6 Å². The summed E-state index contributed by atoms with van der Waals surface area (Å²) >= 11 is 0. The first-order chi connectivity index (χ1) is 11.1. The van der Waals surface area contributed by atoms with Crippen LogP contribution in [0.3, 0.4) is 0 Å². The van der Waals surface area contributed by atoms with Crippen LogP contribution in [-0.2, 0) is 6.54 Å². The summed E-state index contributed by atoms with van der Waals surface area (Å²) in [6.07, 6.45) is 2.88. The summed E-state index contributed by atoms with van der Waals surface area (Å²) in [5.74, 6) is -0.692. The summed E-state index contributed by atoms with van der Waals surface area (Å²) in [5.41, 5.74) is 0.290. The quantitative estimate of drug-likeness (QED) is 0.801. The molecule has 0 unspecified atom stereocenters. The average Bonchev–Trinajstić information content (AvgIpc) is 3.04. The van der Waals surface area contributed by atoms with Crippen molar-refractivity contribution in [3.8, 4) is 0 Å². The van der Waals surface area contributed by atoms with Gasteiger partial charge in [-0.25, -0.2) is 4.39 Å². The molecule has 1 N–H and O–H groups in total. The molecule has 0 bridgehead atoms. The lowest BCUT2D eigenvalue weighted by Crippen LogP contribution is -2.29. The maximum Gasteiger partial charge on any atom is 0.263 e. The molecule has 6 nitrogen and oxygen atoms in total. The number of aromatic nitrogens is 2. The van der Waals surface area contributed by atoms with E-state index >= 15 is 0 Å². The van der Waals surface area contributed by atoms with E-state index < -0.39 is 11.5 Å². The molecule has 0 fully saturated rings. The average molecular weight is 313 g/mol. The highest BCUT2D eigenvalue weighted by Gasteiger charge is 2.13. The van der Waals surface area contributed by atoms with E-state index in [1.807, 2.05) is 0 Å². The van der Waals surface area contributed by atoms with Crippen LogP contribution in [0.15, 0.2) is 64.2 Å². The fourth-order valence-corrected chi connectivity index (χ4v) is 2.08. The van der Waals surface area contributed by atoms with E-state index in [9.17, 15) is 14.0 Å². The van der Waals surface area contributed by atoms with Crippen molar-refractivity contribution >= 4 is 11.7 Å². The van der Waals surface area contributed by atoms with E-state index in [1.165, 1.54) is 35.1 Å². The minimum Gasteiger partial charge on any atom is -0.363 e. The van der Waals surface area contributed by atoms with E-state index in [0.29, 0.717) is 0 Å². The second-order valence-corrected chi connectivity index (χ2v) is 4.82. The monoisotopic (exact) mass is 313 g/mol. The highest BCUT2D eigenvalue weighted by atomic mass is 19.1. The number of anilines is 1. The van der Waals surface area contributed by atoms with E-state index in [2.05, 4.69) is 15.0 Å². The molecule has 1 amide bonds. The van der Waals surface area contributed by atoms with Crippen molar-refractivity contribution in [2.24, 2.45) is 0 Å². The van der Waals surface area contributed by atoms with Gasteiger partial charge in [0, 0.05) is 12.3 Å². The predicted octanol–water partition coefficient (Wildman–Crippen LogP) is 2.28. The SMILES string of the molecule is O=C(Nc1ccon1)c1cccn(Cc2ccc(F)cc2)c1=O. The van der Waals surface area contributed by atoms with Crippen LogP contribution in [0.2, 0.25) is 0 Å². The largest absolute Gasteiger partial charge is 0.363 e. The predicted molar refractivity (Wildman–Crippen MR) is 80.7 cm³/mol. The number of nitrogens with one attached hydrogen (secondary N) is 1. The van der Waals surface area contributed by atoms with Gasteiger partial charge in [-0.1, -0.05) is 17.3 Å². The smallest absolute Gasteiger partial charge is 0.263 e. The third kappa shape index (κ3) is 3.34. The van der Waals surface area contributed by atoms with Crippen LogP contribution in [0.4, 0.5) is 10.2 Å². The topological polar surface area (TPSA) is 77.1 Å². The molecule has 0 atom stereocenters. The molecular formula is C16H12FN3O3. The lowest BCUT2D eigenvalue weighted by atomic mass is 10.2. The molecule has 0 saturated heterocycles. The van der Waals surface area contributed by atoms with Crippen molar-refractivity contribution in [1.29, 1.82) is 0 Å². The fourth-order valence-electron chi connectivity index (χ4n) is 2.08. The summed E-state index contributed by atoms with van der Waals surface area (Å²) in [4.78, 5) is 24.5. The standard InChI is InChI=1S/C16H12FN3O3/c17-12-5-3-11(4-6-12)10-20-8-1-2-13(16(20)22)15(21)18-14-7-9-23-19-14/h1-9H,10H2,(H,18,19,21). The Bertz CT molecular complexity index is 870. The van der Waals surface area contributed by atoms with Gasteiger partial charge in [-0.3, -0.25) is 9.59 Å². The Morgan fingerprint density at radius 1 is 1.22 bits per heavy atom. The molecule has 0 radical (unpaired) electrons. The van der Waals surface area contributed by atoms with Crippen LogP contribution < -0.4 is 10.9 Å². The zero-order valence-corrected chi connectivity index (χ0v) is 11.9. The molecule has 0 spiro atoms. The number of halogens is 1. The molecule has 7 heteroatoms. The lowest BCUT2D eigenvalue weighted by Gasteiger charge is -2.08. The van der Waals surface area contributed by atoms with Gasteiger partial charge in [0.25, 0.3) is 11.5 Å². The van der Waals surface area contributed by atoms with E-state index in [4.69, 9.17) is 0 Å². The zero-order valence-electron chi connectivity index (χ0n) is 11.9. The van der Waals surface area contributed by atoms with Gasteiger partial charge in [0.2, 0.25) is 0 Å². The maximum atomic E-state index is 12.9. The molecule has 0 saturated carbocycles. The molecule has 2 aromatic heterocycles. The van der Waals surface area contributed by atoms with Gasteiger partial charge in [0.05, 0.1) is 6.54 Å². The van der Waals surface area contributed by atoms with Crippen molar-refractivity contribution < 1.29 is 13.7 Å². The molecule has 0 aliphatic heterocycles. The van der Waals surface area contributed by atoms with Crippen LogP contribution in [0, 0.1) is 5.82 Å². The van der Waals surface area contributed by atoms with Crippen molar-refractivity contribution in [3.63, 3.8) is 0 Å². The Morgan fingerprint density at radius 2 is 2.00 bits per heavy atom. The summed E-state index contributed by atoms with van der Waals surface area (Å²) < 4.78 is 18.9. The summed E-state index contributed by atoms with van der Waals surface area (Å²) in [6, 6.07) is 10.3. The third-order valence-corrected chi connectivity index (χ3v) is 3.21. The molecule has 23 heavy (non-hydrogen) atoms. The molecule has 0 aliphatic rings. The number of carbonyl (C=O) groups is 1. The number of carbonyl (C=O) groups excluding carboxylic acids is 1. The number of pyridine rings is 1. The zero-order chi connectivity index (χ0) is 16.2. The van der Waals surface area contributed by atoms with Crippen LogP contribution in [0.1, 0.15) is 15.9 Å². The molecule has 1 aromatic carbocycles. The molecule has 3 rings (SSSR count). The molecule has 0 aliphatic carbocycles. The normalized spacial score (nSPS) is 10.5. The molecule has 116 valence electrons. The summed E-state index contributed by atoms with van der Waals surface area (Å²) in [5, 5.41) is 6.03. The Morgan fingerprint density at radius 3 is 2.70 bits per heavy atom. The van der Waals surface area contributed by atoms with Gasteiger partial charge < -0.3 is 14.4 Å². The molecule has 2 heterocycles. The highest BCUT2D eigenvalue weighted by Crippen LogP contribution is 2.06. The Kier molecular flexibility index (Phi) is 4.01. The first kappa shape index (κ1) is 14.7. The minimum absolute atomic E-state index is 0.0161. The molecular weight excluding hydrogens is 301 g/mol. The molecule has 3 aromatic rings. The number of nitrogens with zero attached hydrogens (tertiary/aromatic N) is 2. The Labute approximate surface area is 130 Å². The number of hydrogen-bond acceptors (Lipinski definition) is 4. The van der Waals surface area contributed by atoms with Crippen LogP contribution in [-0.4, -0.2) is 15.6 Å². The van der Waals surface area contributed by atoms with Gasteiger partial charge in [-0.05, 0) is 29.8 Å². The second-order valence-electron chi connectivity index (χ2n) is 4.82. The van der Waals surface area contributed by atoms with Gasteiger partial charge in [-0.2, -0.15) is 0 Å². The second kappa shape index (κ2) is 6.27. The first-order valence-corrected chi connectivity index (χ1v) is 6.79. The minimum atomic E-state index is -0.572. The Hall–Kier alpha value is -3.22. The highest BCUT2D eigenvalue weighted by molar-refractivity contribution is 6.03. The van der Waals surface area contributed by atoms with Gasteiger partial charge >= 0.3 is 0 Å². The summed E-state index contributed by atoms with van der Waals surface area (Å²) in [7, 11) is 0. The van der Waals surface area contributed by atoms with Crippen LogP contribution >= 0.6 is 0 Å². The van der Waals surface area contributed by atoms with Crippen molar-refractivity contribution in [3.05, 3.63) is 82.2 Å². The number of rotatable bonds is 4. The van der Waals surface area contributed by atoms with Crippen molar-refractivity contribution in [1.82, 2.24) is 9.72 Å². The fraction of sp³-hybridized carbons (Fsp3) is 0.0625. The maximum absolute atomic E-state index is 12.9. The summed E-state index contributed by atoms with van der Waals surface area (Å²) in [6.45, 7) is 0.240. The first-order valence-electron chi connectivity index (χ1n) is 6.79. The number of amides is 1. The lowest BCUT2D eigenvalue weighted by molar-refractivity contribution is 0.102. The van der Waals surface area contributed by atoms with Crippen molar-refractivity contribution in [2.75, 3.05) is 5.32 Å². The van der Waals surface area contributed by atoms with Crippen LogP contribution in [0.25, 0.3) is 0 Å². The number of hydrogen-bond donors (Lipinski definition) is 1. The number of benzene rings is 1.